The van der Waals surface area contributed by atoms with Crippen LogP contribution in [-0.2, 0) is 0 Å². The summed E-state index contributed by atoms with van der Waals surface area (Å²) in [7, 11) is 1.66. The van der Waals surface area contributed by atoms with Crippen molar-refractivity contribution in [2.45, 2.75) is 5.92 Å². The van der Waals surface area contributed by atoms with Crippen molar-refractivity contribution in [2.24, 2.45) is 0 Å². The fourth-order valence-corrected chi connectivity index (χ4v) is 5.01. The quantitative estimate of drug-likeness (QED) is 0.343. The van der Waals surface area contributed by atoms with Gasteiger partial charge >= 0.3 is 0 Å². The number of benzene rings is 4. The maximum atomic E-state index is 10.4. The zero-order valence-electron chi connectivity index (χ0n) is 19.3. The van der Waals surface area contributed by atoms with Gasteiger partial charge in [-0.3, -0.25) is 0 Å². The average molecular weight is 473 g/mol. The molecule has 0 aliphatic carbocycles. The summed E-state index contributed by atoms with van der Waals surface area (Å²) in [6.07, 6.45) is 1.60. The Morgan fingerprint density at radius 2 is 1.69 bits per heavy atom. The lowest BCUT2D eigenvalue weighted by molar-refractivity contribution is 0.414. The molecule has 1 N–H and O–H groups in total. The molecule has 0 radical (unpaired) electrons. The second-order valence-electron chi connectivity index (χ2n) is 8.69. The number of aromatic nitrogens is 4. The van der Waals surface area contributed by atoms with E-state index in [-0.39, 0.29) is 11.7 Å². The molecule has 6 aromatic rings. The van der Waals surface area contributed by atoms with Crippen LogP contribution in [0.3, 0.4) is 0 Å². The first kappa shape index (κ1) is 20.5. The highest BCUT2D eigenvalue weighted by Crippen LogP contribution is 2.50. The molecule has 7 heteroatoms. The minimum atomic E-state index is -0.210. The second kappa shape index (κ2) is 7.81. The molecular formula is C29H20N4O3. The molecule has 0 fully saturated rings. The van der Waals surface area contributed by atoms with Crippen molar-refractivity contribution in [1.82, 2.24) is 19.6 Å². The summed E-state index contributed by atoms with van der Waals surface area (Å²) in [6.45, 7) is 0. The average Bonchev–Trinajstić information content (AvgIpc) is 3.36. The van der Waals surface area contributed by atoms with E-state index in [0.717, 1.165) is 39.0 Å². The third-order valence-electron chi connectivity index (χ3n) is 6.70. The van der Waals surface area contributed by atoms with E-state index in [1.807, 2.05) is 36.4 Å². The maximum absolute atomic E-state index is 10.4. The third-order valence-corrected chi connectivity index (χ3v) is 6.70. The van der Waals surface area contributed by atoms with Gasteiger partial charge in [-0.1, -0.05) is 54.6 Å². The van der Waals surface area contributed by atoms with Gasteiger partial charge in [-0.25, -0.2) is 14.5 Å². The third kappa shape index (κ3) is 3.03. The van der Waals surface area contributed by atoms with Crippen LogP contribution in [-0.4, -0.2) is 31.8 Å². The Bertz CT molecular complexity index is 1780. The highest BCUT2D eigenvalue weighted by Gasteiger charge is 2.34. The molecule has 0 bridgehead atoms. The number of para-hydroxylation sites is 1. The van der Waals surface area contributed by atoms with Gasteiger partial charge in [0, 0.05) is 11.5 Å². The Labute approximate surface area is 206 Å². The minimum Gasteiger partial charge on any atom is -0.507 e. The van der Waals surface area contributed by atoms with E-state index in [1.54, 1.807) is 36.2 Å². The van der Waals surface area contributed by atoms with Crippen molar-refractivity contribution in [3.8, 4) is 34.5 Å². The van der Waals surface area contributed by atoms with E-state index < -0.39 is 0 Å². The van der Waals surface area contributed by atoms with Crippen LogP contribution in [0.4, 0.5) is 0 Å². The molecule has 7 nitrogen and oxygen atoms in total. The predicted octanol–water partition coefficient (Wildman–Crippen LogP) is 5.94. The molecule has 4 aromatic carbocycles. The van der Waals surface area contributed by atoms with E-state index in [1.165, 1.54) is 0 Å². The van der Waals surface area contributed by atoms with E-state index in [0.29, 0.717) is 22.9 Å². The van der Waals surface area contributed by atoms with E-state index in [2.05, 4.69) is 40.4 Å². The number of nitrogens with zero attached hydrogens (tertiary/aromatic N) is 4. The molecule has 0 amide bonds. The normalized spacial score (nSPS) is 14.3. The number of aromatic hydroxyl groups is 1. The standard InChI is InChI=1S/C29H20N4O3/c1-35-19-13-10-18(11-14-19)24-25-20-7-3-2-6-17(20)12-15-23(25)36-29-26(24)28-31-27(32-33(28)16-30-29)21-8-4-5-9-22(21)34/h2-16,24,34H,1H3/t24-/m1/s1. The van der Waals surface area contributed by atoms with Gasteiger partial charge in [0.2, 0.25) is 5.88 Å². The molecule has 0 saturated carbocycles. The van der Waals surface area contributed by atoms with Gasteiger partial charge in [-0.15, -0.1) is 5.10 Å². The van der Waals surface area contributed by atoms with Crippen molar-refractivity contribution in [3.05, 3.63) is 108 Å². The summed E-state index contributed by atoms with van der Waals surface area (Å²) >= 11 is 0. The Balaban J connectivity index is 1.53. The highest BCUT2D eigenvalue weighted by atomic mass is 16.5. The first-order valence-corrected chi connectivity index (χ1v) is 11.6. The zero-order chi connectivity index (χ0) is 24.2. The van der Waals surface area contributed by atoms with Gasteiger partial charge in [0.05, 0.1) is 18.2 Å². The largest absolute Gasteiger partial charge is 0.507 e. The number of ether oxygens (including phenoxy) is 2. The molecule has 1 aliphatic rings. The zero-order valence-corrected chi connectivity index (χ0v) is 19.3. The second-order valence-corrected chi connectivity index (χ2v) is 8.69. The summed E-state index contributed by atoms with van der Waals surface area (Å²) in [4.78, 5) is 9.48. The number of fused-ring (bicyclic) bond motifs is 6. The molecule has 174 valence electrons. The van der Waals surface area contributed by atoms with E-state index in [9.17, 15) is 5.11 Å². The number of methoxy groups -OCH3 is 1. The Morgan fingerprint density at radius 3 is 2.53 bits per heavy atom. The summed E-state index contributed by atoms with van der Waals surface area (Å²) in [5.41, 5.74) is 4.10. The van der Waals surface area contributed by atoms with E-state index >= 15 is 0 Å². The van der Waals surface area contributed by atoms with Gasteiger partial charge in [-0.05, 0) is 46.7 Å². The lowest BCUT2D eigenvalue weighted by atomic mass is 9.81. The van der Waals surface area contributed by atoms with Gasteiger partial charge in [-0.2, -0.15) is 0 Å². The molecule has 1 atom stereocenters. The molecule has 36 heavy (non-hydrogen) atoms. The van der Waals surface area contributed by atoms with Gasteiger partial charge in [0.25, 0.3) is 0 Å². The van der Waals surface area contributed by atoms with Crippen LogP contribution in [0.5, 0.6) is 23.1 Å². The number of hydrogen-bond acceptors (Lipinski definition) is 6. The van der Waals surface area contributed by atoms with Gasteiger partial charge in [0.15, 0.2) is 11.5 Å². The summed E-state index contributed by atoms with van der Waals surface area (Å²) in [5, 5.41) is 17.3. The Morgan fingerprint density at radius 1 is 0.889 bits per heavy atom. The van der Waals surface area contributed by atoms with Crippen LogP contribution in [0.2, 0.25) is 0 Å². The minimum absolute atomic E-state index is 0.120. The van der Waals surface area contributed by atoms with Crippen LogP contribution in [0, 0.1) is 0 Å². The fourth-order valence-electron chi connectivity index (χ4n) is 5.01. The van der Waals surface area contributed by atoms with Gasteiger partial charge in [0.1, 0.15) is 23.6 Å². The van der Waals surface area contributed by atoms with Crippen molar-refractivity contribution in [1.29, 1.82) is 0 Å². The molecule has 7 rings (SSSR count). The monoisotopic (exact) mass is 472 g/mol. The molecule has 0 saturated heterocycles. The van der Waals surface area contributed by atoms with Crippen LogP contribution in [0.15, 0.2) is 91.3 Å². The van der Waals surface area contributed by atoms with Crippen LogP contribution >= 0.6 is 0 Å². The van der Waals surface area contributed by atoms with E-state index in [4.69, 9.17) is 14.5 Å². The van der Waals surface area contributed by atoms with Crippen molar-refractivity contribution in [3.63, 3.8) is 0 Å². The first-order valence-electron chi connectivity index (χ1n) is 11.6. The van der Waals surface area contributed by atoms with Crippen LogP contribution in [0.1, 0.15) is 22.6 Å². The van der Waals surface area contributed by atoms with Crippen LogP contribution in [0.25, 0.3) is 27.8 Å². The topological polar surface area (TPSA) is 81.8 Å². The predicted molar refractivity (Wildman–Crippen MR) is 136 cm³/mol. The summed E-state index contributed by atoms with van der Waals surface area (Å²) in [5.74, 6) is 2.36. The van der Waals surface area contributed by atoms with Crippen LogP contribution < -0.4 is 9.47 Å². The Hall–Kier alpha value is -4.91. The SMILES string of the molecule is COc1ccc([C@@H]2c3c(ccc4ccccc34)Oc3ncn4nc(-c5ccccc5O)nc4c32)cc1. The number of rotatable bonds is 3. The highest BCUT2D eigenvalue weighted by molar-refractivity contribution is 5.91. The lowest BCUT2D eigenvalue weighted by Gasteiger charge is -2.29. The molecule has 1 aliphatic heterocycles. The molecule has 0 unspecified atom stereocenters. The van der Waals surface area contributed by atoms with Gasteiger partial charge < -0.3 is 14.6 Å². The molecular weight excluding hydrogens is 452 g/mol. The molecule has 2 aromatic heterocycles. The first-order chi connectivity index (χ1) is 17.7. The fraction of sp³-hybridized carbons (Fsp3) is 0.0690. The summed E-state index contributed by atoms with van der Waals surface area (Å²) in [6, 6.07) is 27.4. The maximum Gasteiger partial charge on any atom is 0.228 e. The van der Waals surface area contributed by atoms with Crippen molar-refractivity contribution >= 4 is 16.4 Å². The van der Waals surface area contributed by atoms with Crippen molar-refractivity contribution in [2.75, 3.05) is 7.11 Å². The summed E-state index contributed by atoms with van der Waals surface area (Å²) < 4.78 is 13.4. The van der Waals surface area contributed by atoms with Crippen molar-refractivity contribution < 1.29 is 14.6 Å². The number of phenolic OH excluding ortho intramolecular Hbond substituents is 1. The molecule has 0 spiro atoms. The lowest BCUT2D eigenvalue weighted by Crippen LogP contribution is -2.15. The number of phenols is 1. The number of hydrogen-bond donors (Lipinski definition) is 1. The Kier molecular flexibility index (Phi) is 4.44. The smallest absolute Gasteiger partial charge is 0.228 e. The molecule has 3 heterocycles.